The zero-order valence-corrected chi connectivity index (χ0v) is 19.3. The summed E-state index contributed by atoms with van der Waals surface area (Å²) in [5.74, 6) is 0.634. The van der Waals surface area contributed by atoms with Crippen LogP contribution in [0.4, 0.5) is 0 Å². The molecule has 1 heterocycles. The number of nitrogens with zero attached hydrogens (tertiary/aromatic N) is 4. The van der Waals surface area contributed by atoms with Crippen LogP contribution in [0.5, 0.6) is 0 Å². The lowest BCUT2D eigenvalue weighted by molar-refractivity contribution is -0.127. The number of carbonyl (C=O) groups excluding carboxylic acids is 1. The Bertz CT molecular complexity index is 1190. The third-order valence-corrected chi connectivity index (χ3v) is 5.51. The molecule has 0 atom stereocenters. The summed E-state index contributed by atoms with van der Waals surface area (Å²) in [5, 5.41) is 14.2. The highest BCUT2D eigenvalue weighted by atomic mass is 16.2. The molecule has 166 valence electrons. The van der Waals surface area contributed by atoms with Crippen molar-refractivity contribution < 1.29 is 4.79 Å². The van der Waals surface area contributed by atoms with Crippen molar-refractivity contribution in [3.63, 3.8) is 0 Å². The zero-order valence-electron chi connectivity index (χ0n) is 19.3. The van der Waals surface area contributed by atoms with Crippen molar-refractivity contribution in [2.24, 2.45) is 5.41 Å². The first-order valence-corrected chi connectivity index (χ1v) is 11.0. The van der Waals surface area contributed by atoms with Gasteiger partial charge in [-0.05, 0) is 29.2 Å². The fraction of sp³-hybridized carbons (Fsp3) is 0.385. The normalized spacial score (nSPS) is 11.3. The Labute approximate surface area is 189 Å². The predicted molar refractivity (Wildman–Crippen MR) is 125 cm³/mol. The van der Waals surface area contributed by atoms with Gasteiger partial charge in [-0.15, -0.1) is 0 Å². The molecule has 0 aliphatic heterocycles. The standard InChI is InChI=1S/C26H30N4O2/c1-5-6-12-24-28-30(18-23(31)26(2,3)4)25(32)29(24)17-19-13-14-22(21(15-19)16-27)20-10-8-7-9-11-20/h7-11,13-15H,5-6,12,17-18H2,1-4H3. The number of rotatable bonds is 8. The highest BCUT2D eigenvalue weighted by molar-refractivity contribution is 5.83. The van der Waals surface area contributed by atoms with E-state index in [-0.39, 0.29) is 18.0 Å². The molecular formula is C26H30N4O2. The lowest BCUT2D eigenvalue weighted by atomic mass is 9.91. The van der Waals surface area contributed by atoms with Crippen LogP contribution >= 0.6 is 0 Å². The first-order chi connectivity index (χ1) is 15.2. The number of benzene rings is 2. The Kier molecular flexibility index (Phi) is 7.09. The van der Waals surface area contributed by atoms with E-state index < -0.39 is 5.41 Å². The second kappa shape index (κ2) is 9.78. The summed E-state index contributed by atoms with van der Waals surface area (Å²) >= 11 is 0. The molecule has 0 N–H and O–H groups in total. The van der Waals surface area contributed by atoms with Crippen molar-refractivity contribution in [3.8, 4) is 17.2 Å². The number of hydrogen-bond donors (Lipinski definition) is 0. The van der Waals surface area contributed by atoms with Gasteiger partial charge >= 0.3 is 5.69 Å². The van der Waals surface area contributed by atoms with Crippen LogP contribution in [-0.4, -0.2) is 20.1 Å². The fourth-order valence-corrected chi connectivity index (χ4v) is 3.48. The van der Waals surface area contributed by atoms with E-state index in [2.05, 4.69) is 18.1 Å². The Balaban J connectivity index is 1.96. The van der Waals surface area contributed by atoms with Gasteiger partial charge in [-0.1, -0.05) is 76.6 Å². The van der Waals surface area contributed by atoms with E-state index in [9.17, 15) is 14.9 Å². The molecule has 6 nitrogen and oxygen atoms in total. The third-order valence-electron chi connectivity index (χ3n) is 5.51. The molecule has 0 aliphatic rings. The molecule has 0 unspecified atom stereocenters. The Morgan fingerprint density at radius 1 is 1.12 bits per heavy atom. The lowest BCUT2D eigenvalue weighted by Gasteiger charge is -2.15. The van der Waals surface area contributed by atoms with E-state index >= 15 is 0 Å². The molecule has 32 heavy (non-hydrogen) atoms. The van der Waals surface area contributed by atoms with Gasteiger partial charge in [-0.3, -0.25) is 9.36 Å². The largest absolute Gasteiger partial charge is 0.346 e. The topological polar surface area (TPSA) is 80.7 Å². The number of ketones is 1. The Morgan fingerprint density at radius 2 is 1.84 bits per heavy atom. The van der Waals surface area contributed by atoms with E-state index in [1.54, 1.807) is 4.57 Å². The minimum Gasteiger partial charge on any atom is -0.297 e. The van der Waals surface area contributed by atoms with Crippen LogP contribution in [0.2, 0.25) is 0 Å². The van der Waals surface area contributed by atoms with Gasteiger partial charge in [0.15, 0.2) is 5.78 Å². The number of nitriles is 1. The van der Waals surface area contributed by atoms with Gasteiger partial charge in [0.2, 0.25) is 0 Å². The van der Waals surface area contributed by atoms with Crippen LogP contribution in [0.1, 0.15) is 57.5 Å². The average Bonchev–Trinajstić information content (AvgIpc) is 3.06. The molecule has 2 aromatic carbocycles. The van der Waals surface area contributed by atoms with Gasteiger partial charge < -0.3 is 0 Å². The average molecular weight is 431 g/mol. The van der Waals surface area contributed by atoms with Crippen LogP contribution < -0.4 is 5.69 Å². The van der Waals surface area contributed by atoms with E-state index in [1.165, 1.54) is 4.68 Å². The van der Waals surface area contributed by atoms with Crippen molar-refractivity contribution >= 4 is 5.78 Å². The van der Waals surface area contributed by atoms with Crippen LogP contribution in [0.3, 0.4) is 0 Å². The Hall–Kier alpha value is -3.46. The minimum absolute atomic E-state index is 0.0368. The fourth-order valence-electron chi connectivity index (χ4n) is 3.48. The van der Waals surface area contributed by atoms with Crippen molar-refractivity contribution in [1.82, 2.24) is 14.3 Å². The predicted octanol–water partition coefficient (Wildman–Crippen LogP) is 4.59. The number of carbonyl (C=O) groups is 1. The molecular weight excluding hydrogens is 400 g/mol. The highest BCUT2D eigenvalue weighted by Gasteiger charge is 2.24. The van der Waals surface area contributed by atoms with Gasteiger partial charge in [0, 0.05) is 11.8 Å². The third kappa shape index (κ3) is 5.23. The van der Waals surface area contributed by atoms with Gasteiger partial charge in [0.1, 0.15) is 12.4 Å². The number of aryl methyl sites for hydroxylation is 1. The summed E-state index contributed by atoms with van der Waals surface area (Å²) in [6.07, 6.45) is 2.54. The molecule has 3 aromatic rings. The molecule has 1 aromatic heterocycles. The van der Waals surface area contributed by atoms with Crippen LogP contribution in [-0.2, 0) is 24.3 Å². The molecule has 0 radical (unpaired) electrons. The zero-order chi connectivity index (χ0) is 23.3. The van der Waals surface area contributed by atoms with E-state index in [4.69, 9.17) is 0 Å². The number of Topliss-reactive ketones (excluding diaryl/α,β-unsaturated/α-hetero) is 1. The molecule has 0 aliphatic carbocycles. The Morgan fingerprint density at radius 3 is 2.47 bits per heavy atom. The van der Waals surface area contributed by atoms with Crippen molar-refractivity contribution in [2.75, 3.05) is 0 Å². The van der Waals surface area contributed by atoms with Crippen molar-refractivity contribution in [2.45, 2.75) is 60.0 Å². The quantitative estimate of drug-likeness (QED) is 0.523. The summed E-state index contributed by atoms with van der Waals surface area (Å²) in [7, 11) is 0. The maximum atomic E-state index is 13.1. The molecule has 0 saturated heterocycles. The van der Waals surface area contributed by atoms with Gasteiger partial charge in [-0.2, -0.15) is 10.4 Å². The molecule has 3 rings (SSSR count). The van der Waals surface area contributed by atoms with E-state index in [1.807, 2.05) is 69.3 Å². The maximum Gasteiger partial charge on any atom is 0.346 e. The van der Waals surface area contributed by atoms with E-state index in [0.717, 1.165) is 29.5 Å². The van der Waals surface area contributed by atoms with Gasteiger partial charge in [0.05, 0.1) is 18.2 Å². The second-order valence-corrected chi connectivity index (χ2v) is 9.08. The SMILES string of the molecule is CCCCc1nn(CC(=O)C(C)(C)C)c(=O)n1Cc1ccc(-c2ccccc2)c(C#N)c1. The number of aromatic nitrogens is 3. The van der Waals surface area contributed by atoms with E-state index in [0.29, 0.717) is 24.4 Å². The summed E-state index contributed by atoms with van der Waals surface area (Å²) in [5.41, 5.74) is 2.42. The van der Waals surface area contributed by atoms with Gasteiger partial charge in [-0.25, -0.2) is 9.48 Å². The second-order valence-electron chi connectivity index (χ2n) is 9.08. The number of hydrogen-bond acceptors (Lipinski definition) is 4. The monoisotopic (exact) mass is 430 g/mol. The summed E-state index contributed by atoms with van der Waals surface area (Å²) in [6, 6.07) is 17.7. The van der Waals surface area contributed by atoms with Crippen molar-refractivity contribution in [1.29, 1.82) is 5.26 Å². The molecule has 0 bridgehead atoms. The van der Waals surface area contributed by atoms with Gasteiger partial charge in [0.25, 0.3) is 0 Å². The molecule has 0 spiro atoms. The van der Waals surface area contributed by atoms with Crippen LogP contribution in [0.15, 0.2) is 53.3 Å². The first-order valence-electron chi connectivity index (χ1n) is 11.0. The summed E-state index contributed by atoms with van der Waals surface area (Å²) in [6.45, 7) is 7.88. The molecule has 0 fully saturated rings. The summed E-state index contributed by atoms with van der Waals surface area (Å²) in [4.78, 5) is 25.6. The van der Waals surface area contributed by atoms with Crippen LogP contribution in [0, 0.1) is 16.7 Å². The highest BCUT2D eigenvalue weighted by Crippen LogP contribution is 2.24. The molecule has 6 heteroatoms. The molecule has 0 saturated carbocycles. The minimum atomic E-state index is -0.540. The summed E-state index contributed by atoms with van der Waals surface area (Å²) < 4.78 is 2.91. The van der Waals surface area contributed by atoms with Crippen LogP contribution in [0.25, 0.3) is 11.1 Å². The molecule has 0 amide bonds. The lowest BCUT2D eigenvalue weighted by Crippen LogP contribution is -2.32. The van der Waals surface area contributed by atoms with Crippen molar-refractivity contribution in [3.05, 3.63) is 76.0 Å². The maximum absolute atomic E-state index is 13.1. The smallest absolute Gasteiger partial charge is 0.297 e. The first kappa shape index (κ1) is 23.2. The number of unbranched alkanes of at least 4 members (excludes halogenated alkanes) is 1.